The van der Waals surface area contributed by atoms with Crippen molar-refractivity contribution in [1.82, 2.24) is 29.8 Å². The molecule has 5 aromatic rings. The summed E-state index contributed by atoms with van der Waals surface area (Å²) in [5.41, 5.74) is 3.85. The van der Waals surface area contributed by atoms with Crippen LogP contribution in [-0.4, -0.2) is 168 Å². The quantitative estimate of drug-likeness (QED) is 0.0335. The van der Waals surface area contributed by atoms with Crippen molar-refractivity contribution in [1.29, 1.82) is 0 Å². The number of aromatic nitrogens is 5. The normalized spacial score (nSPS) is 14.7. The molecule has 2 aliphatic rings. The number of hydrogen-bond donors (Lipinski definition) is 3. The SMILES string of the molecule is Cc1cn(-c2cc(NC(=O)c3ccc(C)c(Nc4nccc(-c5cncc(OCCOCCOCCOCCOCCOCCOCCOCCOCCOCCNC(=O)[C@H]6CC7=C[C@H]6C=C7)c5)n4)c3)cc(C(F)(F)F)c2)cn1. The third-order valence-corrected chi connectivity index (χ3v) is 12.1. The summed E-state index contributed by atoms with van der Waals surface area (Å²) < 4.78 is 98.8. The number of imidazole rings is 1. The van der Waals surface area contributed by atoms with Crippen LogP contribution in [0.4, 0.5) is 30.5 Å². The summed E-state index contributed by atoms with van der Waals surface area (Å²) in [5, 5.41) is 8.71. The van der Waals surface area contributed by atoms with Crippen LogP contribution in [0.2, 0.25) is 0 Å². The Bertz CT molecular complexity index is 2740. The molecule has 0 fully saturated rings. The monoisotopic (exact) mass is 1100 g/mol. The van der Waals surface area contributed by atoms with Gasteiger partial charge in [-0.1, -0.05) is 29.9 Å². The van der Waals surface area contributed by atoms with Crippen LogP contribution in [0, 0.1) is 25.7 Å². The van der Waals surface area contributed by atoms with Crippen LogP contribution >= 0.6 is 0 Å². The van der Waals surface area contributed by atoms with E-state index in [1.807, 2.05) is 6.92 Å². The van der Waals surface area contributed by atoms with E-state index in [9.17, 15) is 22.8 Å². The van der Waals surface area contributed by atoms with Crippen molar-refractivity contribution in [3.05, 3.63) is 126 Å². The molecular weight excluding hydrogens is 1030 g/mol. The van der Waals surface area contributed by atoms with Gasteiger partial charge in [0.25, 0.3) is 5.91 Å². The first-order chi connectivity index (χ1) is 38.5. The highest BCUT2D eigenvalue weighted by atomic mass is 19.4. The highest BCUT2D eigenvalue weighted by molar-refractivity contribution is 6.05. The molecule has 23 heteroatoms. The molecule has 2 aromatic carbocycles. The van der Waals surface area contributed by atoms with E-state index in [1.165, 1.54) is 22.5 Å². The lowest BCUT2D eigenvalue weighted by atomic mass is 9.91. The van der Waals surface area contributed by atoms with Crippen LogP contribution in [0.1, 0.15) is 33.6 Å². The number of benzene rings is 2. The van der Waals surface area contributed by atoms with Gasteiger partial charge in [0.1, 0.15) is 12.4 Å². The zero-order chi connectivity index (χ0) is 55.5. The molecule has 3 aromatic heterocycles. The highest BCUT2D eigenvalue weighted by Gasteiger charge is 2.34. The predicted molar refractivity (Wildman–Crippen MR) is 286 cm³/mol. The Hall–Kier alpha value is -6.67. The van der Waals surface area contributed by atoms with Gasteiger partial charge in [0.15, 0.2) is 0 Å². The lowest BCUT2D eigenvalue weighted by molar-refractivity contribution is -0.137. The van der Waals surface area contributed by atoms with Crippen LogP contribution in [0.5, 0.6) is 5.75 Å². The summed E-state index contributed by atoms with van der Waals surface area (Å²) in [6, 6.07) is 11.7. The highest BCUT2D eigenvalue weighted by Crippen LogP contribution is 2.38. The number of hydrogen-bond acceptors (Lipinski definition) is 17. The van der Waals surface area contributed by atoms with Gasteiger partial charge in [0, 0.05) is 59.2 Å². The van der Waals surface area contributed by atoms with E-state index < -0.39 is 17.6 Å². The summed E-state index contributed by atoms with van der Waals surface area (Å²) in [7, 11) is 0. The van der Waals surface area contributed by atoms with E-state index in [0.29, 0.717) is 154 Å². The predicted octanol–water partition coefficient (Wildman–Crippen LogP) is 7.13. The van der Waals surface area contributed by atoms with Gasteiger partial charge >= 0.3 is 6.18 Å². The molecule has 2 bridgehead atoms. The summed E-state index contributed by atoms with van der Waals surface area (Å²) in [6.45, 7) is 12.2. The number of nitrogens with zero attached hydrogens (tertiary/aromatic N) is 5. The fourth-order valence-electron chi connectivity index (χ4n) is 8.09. The Morgan fingerprint density at radius 1 is 0.696 bits per heavy atom. The molecule has 20 nitrogen and oxygen atoms in total. The minimum Gasteiger partial charge on any atom is -0.490 e. The molecule has 2 aliphatic carbocycles. The Morgan fingerprint density at radius 3 is 1.86 bits per heavy atom. The average Bonchev–Trinajstić information content (AvgIpc) is 4.30. The van der Waals surface area contributed by atoms with Crippen molar-refractivity contribution in [2.45, 2.75) is 26.4 Å². The second-order valence-corrected chi connectivity index (χ2v) is 18.1. The van der Waals surface area contributed by atoms with E-state index in [0.717, 1.165) is 24.1 Å². The smallest absolute Gasteiger partial charge is 0.416 e. The number of fused-ring (bicyclic) bond motifs is 1. The molecule has 3 heterocycles. The van der Waals surface area contributed by atoms with E-state index >= 15 is 0 Å². The standard InChI is InChI=1S/C56H69F3N8O12/c1-40-3-5-44(53(68)64-47-33-46(56(57,58)59)34-48(35-47)67-38-41(2)63-39-67)32-52(40)66-55-62-8-7-51(65-55)45-31-49(37-60-36-45)79-28-27-78-26-25-77-24-23-76-22-21-75-20-19-74-18-17-73-16-15-72-14-13-71-12-11-70-10-9-61-54(69)50-30-42-4-6-43(50)29-42/h3-8,29,31-39,43,50H,9-28,30H2,1-2H3,(H,61,69)(H,64,68)(H,62,65,66)/t43-,50+/m1/s1. The molecular formula is C56H69F3N8O12. The van der Waals surface area contributed by atoms with E-state index in [-0.39, 0.29) is 47.2 Å². The van der Waals surface area contributed by atoms with Crippen LogP contribution in [0.3, 0.4) is 0 Å². The van der Waals surface area contributed by atoms with Gasteiger partial charge in [0.05, 0.1) is 154 Å². The fraction of sp³-hybridized carbons (Fsp3) is 0.464. The molecule has 0 saturated heterocycles. The Labute approximate surface area is 457 Å². The zero-order valence-electron chi connectivity index (χ0n) is 44.5. The van der Waals surface area contributed by atoms with Crippen LogP contribution in [-0.2, 0) is 53.6 Å². The molecule has 3 N–H and O–H groups in total. The number of allylic oxidation sites excluding steroid dienone is 4. The second-order valence-electron chi connectivity index (χ2n) is 18.1. The number of alkyl halides is 3. The number of anilines is 3. The molecule has 426 valence electrons. The molecule has 2 amide bonds. The number of carbonyl (C=O) groups excluding carboxylic acids is 2. The van der Waals surface area contributed by atoms with Crippen molar-refractivity contribution < 1.29 is 70.1 Å². The Kier molecular flexibility index (Phi) is 24.6. The third-order valence-electron chi connectivity index (χ3n) is 12.1. The average molecular weight is 1100 g/mol. The summed E-state index contributed by atoms with van der Waals surface area (Å²) in [6.07, 6.45) is 10.4. The van der Waals surface area contributed by atoms with Gasteiger partial charge in [-0.2, -0.15) is 13.2 Å². The lowest BCUT2D eigenvalue weighted by Gasteiger charge is -2.18. The van der Waals surface area contributed by atoms with Gasteiger partial charge < -0.3 is 67.9 Å². The second kappa shape index (κ2) is 32.4. The first-order valence-electron chi connectivity index (χ1n) is 26.2. The number of halogens is 3. The number of ether oxygens (including phenoxy) is 10. The Morgan fingerprint density at radius 2 is 1.30 bits per heavy atom. The molecule has 0 saturated carbocycles. The maximum absolute atomic E-state index is 13.8. The third kappa shape index (κ3) is 20.8. The molecule has 7 rings (SSSR count). The molecule has 0 aliphatic heterocycles. The maximum Gasteiger partial charge on any atom is 0.416 e. The topological polar surface area (TPSA) is 219 Å². The van der Waals surface area contributed by atoms with Crippen LogP contribution < -0.4 is 20.7 Å². The van der Waals surface area contributed by atoms with Crippen molar-refractivity contribution in [3.63, 3.8) is 0 Å². The molecule has 0 radical (unpaired) electrons. The number of carbonyl (C=O) groups is 2. The van der Waals surface area contributed by atoms with Crippen molar-refractivity contribution in [2.75, 3.05) is 143 Å². The first-order valence-corrected chi connectivity index (χ1v) is 26.2. The van der Waals surface area contributed by atoms with E-state index in [2.05, 4.69) is 54.1 Å². The molecule has 0 unspecified atom stereocenters. The number of nitrogens with one attached hydrogen (secondary N) is 3. The van der Waals surface area contributed by atoms with Crippen LogP contribution in [0.25, 0.3) is 16.9 Å². The van der Waals surface area contributed by atoms with Gasteiger partial charge in [-0.3, -0.25) is 14.6 Å². The molecule has 2 atom stereocenters. The Balaban J connectivity index is 0.647. The largest absolute Gasteiger partial charge is 0.490 e. The zero-order valence-corrected chi connectivity index (χ0v) is 44.5. The minimum absolute atomic E-state index is 0.0311. The van der Waals surface area contributed by atoms with E-state index in [4.69, 9.17) is 47.4 Å². The summed E-state index contributed by atoms with van der Waals surface area (Å²) in [4.78, 5) is 43.1. The van der Waals surface area contributed by atoms with Crippen molar-refractivity contribution in [2.24, 2.45) is 11.8 Å². The summed E-state index contributed by atoms with van der Waals surface area (Å²) in [5.74, 6) is 0.519. The summed E-state index contributed by atoms with van der Waals surface area (Å²) >= 11 is 0. The van der Waals surface area contributed by atoms with Gasteiger partial charge in [0.2, 0.25) is 11.9 Å². The van der Waals surface area contributed by atoms with Gasteiger partial charge in [-0.05, 0) is 68.3 Å². The van der Waals surface area contributed by atoms with Gasteiger partial charge in [-0.15, -0.1) is 0 Å². The number of aryl methyl sites for hydroxylation is 2. The van der Waals surface area contributed by atoms with E-state index in [1.54, 1.807) is 62.0 Å². The maximum atomic E-state index is 13.8. The minimum atomic E-state index is -4.64. The van der Waals surface area contributed by atoms with Crippen molar-refractivity contribution in [3.8, 4) is 22.7 Å². The van der Waals surface area contributed by atoms with Crippen molar-refractivity contribution >= 4 is 29.1 Å². The first kappa shape index (κ1) is 60.0. The number of amides is 2. The lowest BCUT2D eigenvalue weighted by Crippen LogP contribution is -2.35. The van der Waals surface area contributed by atoms with Gasteiger partial charge in [-0.25, -0.2) is 15.0 Å². The number of rotatable bonds is 38. The molecule has 0 spiro atoms. The fourth-order valence-corrected chi connectivity index (χ4v) is 8.09. The number of pyridine rings is 1. The molecule has 79 heavy (non-hydrogen) atoms. The van der Waals surface area contributed by atoms with Crippen LogP contribution in [0.15, 0.2) is 103 Å².